The van der Waals surface area contributed by atoms with Crippen LogP contribution >= 0.6 is 0 Å². The Morgan fingerprint density at radius 1 is 1.23 bits per heavy atom. The van der Waals surface area contributed by atoms with Gasteiger partial charge in [0.1, 0.15) is 0 Å². The van der Waals surface area contributed by atoms with Crippen LogP contribution in [0.3, 0.4) is 0 Å². The summed E-state index contributed by atoms with van der Waals surface area (Å²) in [7, 11) is 0. The fourth-order valence-electron chi connectivity index (χ4n) is 1.58. The maximum atomic E-state index is 10.4. The summed E-state index contributed by atoms with van der Waals surface area (Å²) >= 11 is 0. The van der Waals surface area contributed by atoms with Crippen LogP contribution in [0.2, 0.25) is 0 Å². The maximum absolute atomic E-state index is 10.4. The van der Waals surface area contributed by atoms with Gasteiger partial charge < -0.3 is 10.4 Å². The molecule has 78 valence electrons. The molecule has 0 amide bonds. The van der Waals surface area contributed by atoms with Crippen molar-refractivity contribution in [2.75, 3.05) is 0 Å². The lowest BCUT2D eigenvalue weighted by atomic mass is 10.0. The molecule has 0 aromatic rings. The third-order valence-electron chi connectivity index (χ3n) is 1.87. The Morgan fingerprint density at radius 3 is 2.15 bits per heavy atom. The first-order chi connectivity index (χ1) is 5.91. The van der Waals surface area contributed by atoms with Crippen LogP contribution in [0.25, 0.3) is 0 Å². The van der Waals surface area contributed by atoms with E-state index in [2.05, 4.69) is 26.1 Å². The van der Waals surface area contributed by atoms with Crippen molar-refractivity contribution >= 4 is 5.97 Å². The zero-order chi connectivity index (χ0) is 10.4. The zero-order valence-corrected chi connectivity index (χ0v) is 9.00. The van der Waals surface area contributed by atoms with Crippen LogP contribution in [0, 0.1) is 5.92 Å². The van der Waals surface area contributed by atoms with E-state index in [0.29, 0.717) is 12.0 Å². The fraction of sp³-hybridized carbons (Fsp3) is 0.900. The lowest BCUT2D eigenvalue weighted by Gasteiger charge is -2.20. The molecule has 3 heteroatoms. The molecule has 2 N–H and O–H groups in total. The first-order valence-electron chi connectivity index (χ1n) is 4.89. The third-order valence-corrected chi connectivity index (χ3v) is 1.87. The molecule has 2 unspecified atom stereocenters. The number of rotatable bonds is 6. The van der Waals surface area contributed by atoms with Crippen LogP contribution < -0.4 is 5.32 Å². The minimum Gasteiger partial charge on any atom is -0.481 e. The monoisotopic (exact) mass is 187 g/mol. The van der Waals surface area contributed by atoms with Gasteiger partial charge in [0.25, 0.3) is 0 Å². The molecule has 0 rings (SSSR count). The molecule has 3 nitrogen and oxygen atoms in total. The van der Waals surface area contributed by atoms with Crippen LogP contribution in [-0.4, -0.2) is 23.2 Å². The molecular weight excluding hydrogens is 166 g/mol. The minimum atomic E-state index is -0.739. The Hall–Kier alpha value is -0.570. The van der Waals surface area contributed by atoms with Crippen molar-refractivity contribution in [3.8, 4) is 0 Å². The molecule has 0 aromatic carbocycles. The number of hydrogen-bond acceptors (Lipinski definition) is 2. The van der Waals surface area contributed by atoms with Gasteiger partial charge in [-0.1, -0.05) is 13.8 Å². The Bertz CT molecular complexity index is 157. The van der Waals surface area contributed by atoms with E-state index < -0.39 is 5.97 Å². The molecule has 0 bridgehead atoms. The number of aliphatic carboxylic acids is 1. The van der Waals surface area contributed by atoms with Crippen molar-refractivity contribution in [2.45, 2.75) is 52.6 Å². The van der Waals surface area contributed by atoms with Crippen molar-refractivity contribution in [1.29, 1.82) is 0 Å². The summed E-state index contributed by atoms with van der Waals surface area (Å²) in [6, 6.07) is 0.459. The molecule has 0 aromatic heterocycles. The summed E-state index contributed by atoms with van der Waals surface area (Å²) in [5, 5.41) is 11.8. The topological polar surface area (TPSA) is 49.3 Å². The largest absolute Gasteiger partial charge is 0.481 e. The standard InChI is InChI=1S/C10H21NO2/c1-7(2)5-8(3)11-9(4)6-10(12)13/h7-9,11H,5-6H2,1-4H3,(H,12,13). The third kappa shape index (κ3) is 7.78. The SMILES string of the molecule is CC(C)CC(C)NC(C)CC(=O)O. The van der Waals surface area contributed by atoms with Crippen LogP contribution in [-0.2, 0) is 4.79 Å². The van der Waals surface area contributed by atoms with Gasteiger partial charge in [-0.3, -0.25) is 4.79 Å². The molecule has 0 spiro atoms. The van der Waals surface area contributed by atoms with Crippen molar-refractivity contribution in [3.63, 3.8) is 0 Å². The normalized spacial score (nSPS) is 15.8. The van der Waals surface area contributed by atoms with E-state index >= 15 is 0 Å². The average Bonchev–Trinajstić information content (AvgIpc) is 1.80. The van der Waals surface area contributed by atoms with Crippen LogP contribution in [0.1, 0.15) is 40.5 Å². The van der Waals surface area contributed by atoms with Gasteiger partial charge in [0, 0.05) is 12.1 Å². The van der Waals surface area contributed by atoms with Gasteiger partial charge in [-0.05, 0) is 26.2 Å². The first kappa shape index (κ1) is 12.4. The Labute approximate surface area is 80.5 Å². The minimum absolute atomic E-state index is 0.0613. The lowest BCUT2D eigenvalue weighted by Crippen LogP contribution is -2.36. The average molecular weight is 187 g/mol. The smallest absolute Gasteiger partial charge is 0.304 e. The molecule has 2 atom stereocenters. The fourth-order valence-corrected chi connectivity index (χ4v) is 1.58. The molecule has 0 saturated heterocycles. The van der Waals surface area contributed by atoms with Gasteiger partial charge in [-0.25, -0.2) is 0 Å². The van der Waals surface area contributed by atoms with Crippen LogP contribution in [0.5, 0.6) is 0 Å². The van der Waals surface area contributed by atoms with E-state index in [0.717, 1.165) is 6.42 Å². The highest BCUT2D eigenvalue weighted by molar-refractivity contribution is 5.67. The molecule has 0 aliphatic carbocycles. The lowest BCUT2D eigenvalue weighted by molar-refractivity contribution is -0.137. The van der Waals surface area contributed by atoms with Crippen LogP contribution in [0.4, 0.5) is 0 Å². The number of nitrogens with one attached hydrogen (secondary N) is 1. The van der Waals surface area contributed by atoms with Gasteiger partial charge in [-0.15, -0.1) is 0 Å². The second-order valence-electron chi connectivity index (χ2n) is 4.20. The first-order valence-corrected chi connectivity index (χ1v) is 4.89. The number of carboxylic acid groups (broad SMARTS) is 1. The van der Waals surface area contributed by atoms with Crippen molar-refractivity contribution < 1.29 is 9.90 Å². The second kappa shape index (κ2) is 5.97. The second-order valence-corrected chi connectivity index (χ2v) is 4.20. The molecule has 0 saturated carbocycles. The highest BCUT2D eigenvalue weighted by atomic mass is 16.4. The van der Waals surface area contributed by atoms with Crippen molar-refractivity contribution in [1.82, 2.24) is 5.32 Å². The Morgan fingerprint density at radius 2 is 1.77 bits per heavy atom. The van der Waals surface area contributed by atoms with E-state index in [1.165, 1.54) is 0 Å². The van der Waals surface area contributed by atoms with E-state index in [4.69, 9.17) is 5.11 Å². The number of carbonyl (C=O) groups is 1. The number of carboxylic acids is 1. The zero-order valence-electron chi connectivity index (χ0n) is 9.00. The van der Waals surface area contributed by atoms with Gasteiger partial charge in [0.2, 0.25) is 0 Å². The predicted molar refractivity (Wildman–Crippen MR) is 53.8 cm³/mol. The van der Waals surface area contributed by atoms with Gasteiger partial charge in [-0.2, -0.15) is 0 Å². The van der Waals surface area contributed by atoms with Crippen molar-refractivity contribution in [2.24, 2.45) is 5.92 Å². The summed E-state index contributed by atoms with van der Waals surface area (Å²) < 4.78 is 0. The van der Waals surface area contributed by atoms with E-state index in [1.807, 2.05) is 6.92 Å². The van der Waals surface area contributed by atoms with E-state index in [1.54, 1.807) is 0 Å². The maximum Gasteiger partial charge on any atom is 0.304 e. The predicted octanol–water partition coefficient (Wildman–Crippen LogP) is 1.87. The quantitative estimate of drug-likeness (QED) is 0.667. The van der Waals surface area contributed by atoms with Crippen molar-refractivity contribution in [3.05, 3.63) is 0 Å². The van der Waals surface area contributed by atoms with Gasteiger partial charge in [0.15, 0.2) is 0 Å². The molecule has 0 fully saturated rings. The highest BCUT2D eigenvalue weighted by Crippen LogP contribution is 2.05. The van der Waals surface area contributed by atoms with Gasteiger partial charge >= 0.3 is 5.97 Å². The summed E-state index contributed by atoms with van der Waals surface area (Å²) in [5.74, 6) is -0.0868. The van der Waals surface area contributed by atoms with Crippen LogP contribution in [0.15, 0.2) is 0 Å². The molecule has 13 heavy (non-hydrogen) atoms. The van der Waals surface area contributed by atoms with Gasteiger partial charge in [0.05, 0.1) is 6.42 Å². The Balaban J connectivity index is 3.64. The number of hydrogen-bond donors (Lipinski definition) is 2. The summed E-state index contributed by atoms with van der Waals surface area (Å²) in [4.78, 5) is 10.4. The van der Waals surface area contributed by atoms with E-state index in [-0.39, 0.29) is 12.5 Å². The molecule has 0 radical (unpaired) electrons. The van der Waals surface area contributed by atoms with E-state index in [9.17, 15) is 4.79 Å². The highest BCUT2D eigenvalue weighted by Gasteiger charge is 2.11. The summed E-state index contributed by atoms with van der Waals surface area (Å²) in [5.41, 5.74) is 0. The summed E-state index contributed by atoms with van der Waals surface area (Å²) in [6.45, 7) is 8.34. The molecule has 0 aliphatic rings. The summed E-state index contributed by atoms with van der Waals surface area (Å²) in [6.07, 6.45) is 1.28. The molecule has 0 heterocycles. The molecular formula is C10H21NO2. The Kier molecular flexibility index (Phi) is 5.71. The molecule has 0 aliphatic heterocycles.